The number of hydrogen-bond donors (Lipinski definition) is 0. The summed E-state index contributed by atoms with van der Waals surface area (Å²) in [6, 6.07) is 93.2. The van der Waals surface area contributed by atoms with Crippen LogP contribution in [0.2, 0.25) is 0 Å². The van der Waals surface area contributed by atoms with E-state index in [1.54, 1.807) is 0 Å². The van der Waals surface area contributed by atoms with Gasteiger partial charge in [-0.2, -0.15) is 0 Å². The second kappa shape index (κ2) is 15.6. The number of para-hydroxylation sites is 1. The molecule has 0 aliphatic heterocycles. The van der Waals surface area contributed by atoms with Crippen molar-refractivity contribution in [3.63, 3.8) is 0 Å². The van der Waals surface area contributed by atoms with Gasteiger partial charge in [0.25, 0.3) is 0 Å². The fourth-order valence-electron chi connectivity index (χ4n) is 12.3. The van der Waals surface area contributed by atoms with E-state index in [4.69, 9.17) is 0 Å². The van der Waals surface area contributed by atoms with Crippen molar-refractivity contribution in [2.75, 3.05) is 4.90 Å². The van der Waals surface area contributed by atoms with Crippen LogP contribution in [0.3, 0.4) is 0 Å². The monoisotopic (exact) mass is 909 g/mol. The molecule has 0 amide bonds. The molecule has 11 aromatic carbocycles. The van der Waals surface area contributed by atoms with Crippen LogP contribution in [0.5, 0.6) is 0 Å². The van der Waals surface area contributed by atoms with Gasteiger partial charge in [0.2, 0.25) is 0 Å². The number of thiophene rings is 1. The fourth-order valence-corrected chi connectivity index (χ4v) is 13.6. The van der Waals surface area contributed by atoms with E-state index in [1.165, 1.54) is 109 Å². The van der Waals surface area contributed by atoms with E-state index in [0.29, 0.717) is 0 Å². The van der Waals surface area contributed by atoms with E-state index < -0.39 is 5.41 Å². The van der Waals surface area contributed by atoms with E-state index >= 15 is 0 Å². The molecule has 1 heterocycles. The van der Waals surface area contributed by atoms with Crippen LogP contribution in [0.25, 0.3) is 75.5 Å². The number of fused-ring (bicyclic) bond motifs is 10. The standard InChI is InChI=1S/C68H47NS/c1-67(2)60-41-46-23-13-12-22-45(46)40-58(60)54-37-35-49(42-61(54)67)69(50-34-36-53-52-28-14-17-31-59(52)68(62(53)43-50,47-24-8-4-9-25-47)48-26-10-5-11-27-48)63-32-18-15-29-55(63)56-39-38-51(44-20-6-3-7-21-44)66-65(56)57-30-16-19-33-64(57)70-66/h3-43H,1-2H3. The van der Waals surface area contributed by atoms with Gasteiger partial charge in [-0.15, -0.1) is 11.3 Å². The number of rotatable bonds is 7. The lowest BCUT2D eigenvalue weighted by Crippen LogP contribution is -2.28. The number of hydrogen-bond acceptors (Lipinski definition) is 2. The molecule has 0 atom stereocenters. The molecular formula is C68H47NS. The first kappa shape index (κ1) is 40.7. The summed E-state index contributed by atoms with van der Waals surface area (Å²) in [5, 5.41) is 5.13. The Morgan fingerprint density at radius 3 is 1.60 bits per heavy atom. The summed E-state index contributed by atoms with van der Waals surface area (Å²) in [5.74, 6) is 0. The van der Waals surface area contributed by atoms with Gasteiger partial charge < -0.3 is 4.90 Å². The summed E-state index contributed by atoms with van der Waals surface area (Å²) in [4.78, 5) is 2.56. The van der Waals surface area contributed by atoms with Crippen LogP contribution in [-0.4, -0.2) is 0 Å². The van der Waals surface area contributed by atoms with Gasteiger partial charge in [0.15, 0.2) is 0 Å². The lowest BCUT2D eigenvalue weighted by molar-refractivity contribution is 0.661. The minimum absolute atomic E-state index is 0.222. The van der Waals surface area contributed by atoms with Crippen molar-refractivity contribution in [1.82, 2.24) is 0 Å². The molecule has 0 N–H and O–H groups in total. The van der Waals surface area contributed by atoms with Gasteiger partial charge in [-0.3, -0.25) is 0 Å². The molecule has 2 aliphatic rings. The Balaban J connectivity index is 1.05. The maximum atomic E-state index is 2.56. The van der Waals surface area contributed by atoms with Gasteiger partial charge in [-0.1, -0.05) is 214 Å². The van der Waals surface area contributed by atoms with Crippen molar-refractivity contribution >= 4 is 59.3 Å². The molecule has 0 unspecified atom stereocenters. The molecule has 0 spiro atoms. The van der Waals surface area contributed by atoms with Crippen molar-refractivity contribution in [2.45, 2.75) is 24.7 Å². The van der Waals surface area contributed by atoms with Crippen LogP contribution in [-0.2, 0) is 10.8 Å². The van der Waals surface area contributed by atoms with Crippen LogP contribution in [0.15, 0.2) is 249 Å². The zero-order valence-electron chi connectivity index (χ0n) is 39.0. The van der Waals surface area contributed by atoms with E-state index in [9.17, 15) is 0 Å². The number of anilines is 3. The highest BCUT2D eigenvalue weighted by Crippen LogP contribution is 2.59. The highest BCUT2D eigenvalue weighted by molar-refractivity contribution is 7.26. The second-order valence-electron chi connectivity index (χ2n) is 19.5. The SMILES string of the molecule is CC1(C)c2cc(N(c3ccc4c(c3)C(c3ccccc3)(c3ccccc3)c3ccccc3-4)c3ccccc3-c3ccc(-c4ccccc4)c4sc5ccccc5c34)ccc2-c2cc3ccccc3cc21. The summed E-state index contributed by atoms with van der Waals surface area (Å²) in [6.07, 6.45) is 0. The van der Waals surface area contributed by atoms with Gasteiger partial charge in [0.1, 0.15) is 0 Å². The highest BCUT2D eigenvalue weighted by Gasteiger charge is 2.46. The predicted octanol–water partition coefficient (Wildman–Crippen LogP) is 18.7. The third-order valence-electron chi connectivity index (χ3n) is 15.5. The van der Waals surface area contributed by atoms with Gasteiger partial charge in [0.05, 0.1) is 11.1 Å². The van der Waals surface area contributed by atoms with Crippen LogP contribution in [0.4, 0.5) is 17.1 Å². The molecule has 0 fully saturated rings. The average Bonchev–Trinajstić information content (AvgIpc) is 4.02. The highest BCUT2D eigenvalue weighted by atomic mass is 32.1. The van der Waals surface area contributed by atoms with E-state index in [-0.39, 0.29) is 5.41 Å². The fraction of sp³-hybridized carbons (Fsp3) is 0.0588. The quantitative estimate of drug-likeness (QED) is 0.154. The first-order valence-electron chi connectivity index (χ1n) is 24.4. The summed E-state index contributed by atoms with van der Waals surface area (Å²) in [7, 11) is 0. The van der Waals surface area contributed by atoms with Crippen LogP contribution in [0, 0.1) is 0 Å². The first-order valence-corrected chi connectivity index (χ1v) is 25.2. The van der Waals surface area contributed by atoms with Crippen molar-refractivity contribution in [2.24, 2.45) is 0 Å². The number of benzene rings is 11. The summed E-state index contributed by atoms with van der Waals surface area (Å²) >= 11 is 1.90. The Morgan fingerprint density at radius 2 is 0.871 bits per heavy atom. The number of nitrogens with zero attached hydrogens (tertiary/aromatic N) is 1. The van der Waals surface area contributed by atoms with Crippen molar-refractivity contribution in [3.8, 4) is 44.5 Å². The van der Waals surface area contributed by atoms with Crippen LogP contribution in [0.1, 0.15) is 47.2 Å². The Bertz CT molecular complexity index is 3990. The molecule has 1 nitrogen and oxygen atoms in total. The van der Waals surface area contributed by atoms with Crippen molar-refractivity contribution in [3.05, 3.63) is 282 Å². The molecule has 0 saturated heterocycles. The Labute approximate surface area is 413 Å². The molecule has 0 saturated carbocycles. The zero-order chi connectivity index (χ0) is 46.6. The molecule has 2 aliphatic carbocycles. The molecule has 70 heavy (non-hydrogen) atoms. The lowest BCUT2D eigenvalue weighted by atomic mass is 9.67. The van der Waals surface area contributed by atoms with Gasteiger partial charge in [-0.05, 0) is 132 Å². The Kier molecular flexibility index (Phi) is 9.09. The minimum Gasteiger partial charge on any atom is -0.310 e. The third-order valence-corrected chi connectivity index (χ3v) is 16.7. The molecule has 14 rings (SSSR count). The maximum absolute atomic E-state index is 2.56. The van der Waals surface area contributed by atoms with Crippen LogP contribution >= 0.6 is 11.3 Å². The van der Waals surface area contributed by atoms with E-state index in [1.807, 2.05) is 11.3 Å². The largest absolute Gasteiger partial charge is 0.310 e. The molecule has 330 valence electrons. The summed E-state index contributed by atoms with van der Waals surface area (Å²) < 4.78 is 2.60. The topological polar surface area (TPSA) is 3.24 Å². The first-order chi connectivity index (χ1) is 34.5. The van der Waals surface area contributed by atoms with Gasteiger partial charge in [0, 0.05) is 42.5 Å². The van der Waals surface area contributed by atoms with Crippen LogP contribution < -0.4 is 4.90 Å². The van der Waals surface area contributed by atoms with Crippen molar-refractivity contribution in [1.29, 1.82) is 0 Å². The molecular weight excluding hydrogens is 863 g/mol. The van der Waals surface area contributed by atoms with Crippen molar-refractivity contribution < 1.29 is 0 Å². The molecule has 2 heteroatoms. The van der Waals surface area contributed by atoms with Gasteiger partial charge in [-0.25, -0.2) is 0 Å². The van der Waals surface area contributed by atoms with Gasteiger partial charge >= 0.3 is 0 Å². The second-order valence-corrected chi connectivity index (χ2v) is 20.6. The Hall–Kier alpha value is -8.30. The van der Waals surface area contributed by atoms with E-state index in [0.717, 1.165) is 17.1 Å². The normalized spacial score (nSPS) is 13.8. The lowest BCUT2D eigenvalue weighted by Gasteiger charge is -2.35. The minimum atomic E-state index is -0.547. The molecule has 12 aromatic rings. The maximum Gasteiger partial charge on any atom is 0.0714 e. The Morgan fingerprint density at radius 1 is 0.357 bits per heavy atom. The predicted molar refractivity (Wildman–Crippen MR) is 297 cm³/mol. The molecule has 0 radical (unpaired) electrons. The third kappa shape index (κ3) is 5.90. The summed E-state index contributed by atoms with van der Waals surface area (Å²) in [6.45, 7) is 4.81. The average molecular weight is 910 g/mol. The zero-order valence-corrected chi connectivity index (χ0v) is 39.8. The van der Waals surface area contributed by atoms with E-state index in [2.05, 4.69) is 267 Å². The molecule has 1 aromatic heterocycles. The summed E-state index contributed by atoms with van der Waals surface area (Å²) in [5.41, 5.74) is 20.5. The molecule has 0 bridgehead atoms. The smallest absolute Gasteiger partial charge is 0.0714 e.